The average Bonchev–Trinajstić information content (AvgIpc) is 3.58. The molecule has 1 aliphatic heterocycles. The topological polar surface area (TPSA) is 96.3 Å². The number of methoxy groups -OCH3 is 1. The Labute approximate surface area is 216 Å². The number of furan rings is 1. The summed E-state index contributed by atoms with van der Waals surface area (Å²) in [5.74, 6) is 0.104. The van der Waals surface area contributed by atoms with Gasteiger partial charge in [-0.3, -0.25) is 9.69 Å². The summed E-state index contributed by atoms with van der Waals surface area (Å²) in [5.41, 5.74) is 0.153. The second-order valence-corrected chi connectivity index (χ2v) is 9.04. The van der Waals surface area contributed by atoms with Crippen molar-refractivity contribution in [3.05, 3.63) is 71.4 Å². The smallest absolute Gasteiger partial charge is 0.433 e. The molecule has 1 aromatic carbocycles. The molecule has 200 valence electrons. The average molecular weight is 530 g/mol. The van der Waals surface area contributed by atoms with Crippen LogP contribution in [0.15, 0.2) is 53.5 Å². The third kappa shape index (κ3) is 4.61. The summed E-state index contributed by atoms with van der Waals surface area (Å²) in [6, 6.07) is 8.04. The van der Waals surface area contributed by atoms with Crippen LogP contribution in [0.2, 0.25) is 0 Å². The third-order valence-electron chi connectivity index (χ3n) is 6.89. The van der Waals surface area contributed by atoms with Crippen LogP contribution in [0.1, 0.15) is 33.2 Å². The normalized spacial score (nSPS) is 15.7. The Morgan fingerprint density at radius 3 is 2.45 bits per heavy atom. The molecule has 1 amide bonds. The molecule has 0 aliphatic carbocycles. The van der Waals surface area contributed by atoms with E-state index in [9.17, 15) is 23.1 Å². The maximum absolute atomic E-state index is 14.2. The number of rotatable bonds is 6. The zero-order chi connectivity index (χ0) is 27.0. The minimum absolute atomic E-state index is 0.00717. The molecule has 1 atom stereocenters. The van der Waals surface area contributed by atoms with Crippen LogP contribution < -0.4 is 4.74 Å². The maximum Gasteiger partial charge on any atom is 0.433 e. The fourth-order valence-electron chi connectivity index (χ4n) is 4.89. The Hall–Kier alpha value is -3.90. The Bertz CT molecular complexity index is 1430. The molecule has 0 unspecified atom stereocenters. The van der Waals surface area contributed by atoms with Gasteiger partial charge in [-0.05, 0) is 37.3 Å². The largest absolute Gasteiger partial charge is 0.497 e. The maximum atomic E-state index is 14.2. The van der Waals surface area contributed by atoms with E-state index < -0.39 is 17.8 Å². The number of halogens is 3. The van der Waals surface area contributed by atoms with Crippen molar-refractivity contribution in [1.29, 1.82) is 0 Å². The molecule has 0 spiro atoms. The van der Waals surface area contributed by atoms with E-state index in [0.29, 0.717) is 42.0 Å². The van der Waals surface area contributed by atoms with E-state index in [2.05, 4.69) is 10.1 Å². The van der Waals surface area contributed by atoms with Gasteiger partial charge in [0.1, 0.15) is 11.3 Å². The van der Waals surface area contributed by atoms with Gasteiger partial charge in [-0.2, -0.15) is 18.3 Å². The van der Waals surface area contributed by atoms with E-state index in [0.717, 1.165) is 11.8 Å². The summed E-state index contributed by atoms with van der Waals surface area (Å²) < 4.78 is 53.6. The van der Waals surface area contributed by atoms with Crippen LogP contribution >= 0.6 is 0 Å². The minimum atomic E-state index is -4.73. The van der Waals surface area contributed by atoms with Crippen LogP contribution in [0.4, 0.5) is 13.2 Å². The summed E-state index contributed by atoms with van der Waals surface area (Å²) in [4.78, 5) is 21.6. The van der Waals surface area contributed by atoms with Crippen molar-refractivity contribution in [2.45, 2.75) is 19.1 Å². The van der Waals surface area contributed by atoms with Gasteiger partial charge in [0, 0.05) is 42.9 Å². The minimum Gasteiger partial charge on any atom is -0.497 e. The zero-order valence-corrected chi connectivity index (χ0v) is 20.8. The Morgan fingerprint density at radius 2 is 1.87 bits per heavy atom. The third-order valence-corrected chi connectivity index (χ3v) is 6.89. The van der Waals surface area contributed by atoms with Gasteiger partial charge in [-0.15, -0.1) is 0 Å². The fourth-order valence-corrected chi connectivity index (χ4v) is 4.89. The number of alkyl halides is 3. The van der Waals surface area contributed by atoms with E-state index in [-0.39, 0.29) is 35.1 Å². The molecule has 4 aromatic rings. The predicted molar refractivity (Wildman–Crippen MR) is 131 cm³/mol. The highest BCUT2D eigenvalue weighted by molar-refractivity contribution is 6.00. The molecular formula is C26H26F3N5O4. The molecule has 1 aliphatic rings. The standard InChI is InChI=1S/C26H26F3N5O4/c1-16-22(17-3-5-19(37-2)6-4-17)31-24-20(13-30-34(24)23(16)26(27,28)29)25(36)33-10-8-32(9-11-33)21(14-35)18-7-12-38-15-18/h3-7,12-13,15,21,35H,8-11,14H2,1-2H3/t21-/m0/s1. The number of carbonyl (C=O) groups is 1. The number of ether oxygens (including phenoxy) is 1. The van der Waals surface area contributed by atoms with Gasteiger partial charge in [0.25, 0.3) is 5.91 Å². The van der Waals surface area contributed by atoms with Gasteiger partial charge in [-0.1, -0.05) is 0 Å². The molecule has 0 saturated carbocycles. The van der Waals surface area contributed by atoms with Crippen molar-refractivity contribution in [3.63, 3.8) is 0 Å². The lowest BCUT2D eigenvalue weighted by atomic mass is 10.0. The van der Waals surface area contributed by atoms with E-state index in [1.165, 1.54) is 20.3 Å². The first-order chi connectivity index (χ1) is 18.2. The first-order valence-corrected chi connectivity index (χ1v) is 12.0. The van der Waals surface area contributed by atoms with E-state index in [4.69, 9.17) is 9.15 Å². The molecule has 4 heterocycles. The Balaban J connectivity index is 1.47. The molecule has 38 heavy (non-hydrogen) atoms. The SMILES string of the molecule is COc1ccc(-c2nc3c(C(=O)N4CCN([C@@H](CO)c5ccoc5)CC4)cnn3c(C(F)(F)F)c2C)cc1. The number of aromatic nitrogens is 3. The van der Waals surface area contributed by atoms with Crippen LogP contribution in [-0.4, -0.2) is 75.3 Å². The summed E-state index contributed by atoms with van der Waals surface area (Å²) in [6.45, 7) is 2.83. The lowest BCUT2D eigenvalue weighted by Crippen LogP contribution is -2.50. The molecule has 5 rings (SSSR count). The van der Waals surface area contributed by atoms with Crippen molar-refractivity contribution in [1.82, 2.24) is 24.4 Å². The number of aliphatic hydroxyl groups is 1. The Morgan fingerprint density at radius 1 is 1.16 bits per heavy atom. The van der Waals surface area contributed by atoms with Crippen LogP contribution in [-0.2, 0) is 6.18 Å². The van der Waals surface area contributed by atoms with Crippen molar-refractivity contribution in [3.8, 4) is 17.0 Å². The number of fused-ring (bicyclic) bond motifs is 1. The number of carbonyl (C=O) groups excluding carboxylic acids is 1. The van der Waals surface area contributed by atoms with Crippen LogP contribution in [0.3, 0.4) is 0 Å². The lowest BCUT2D eigenvalue weighted by Gasteiger charge is -2.38. The summed E-state index contributed by atoms with van der Waals surface area (Å²) in [6.07, 6.45) is -0.473. The second kappa shape index (κ2) is 10.1. The fraction of sp³-hybridized carbons (Fsp3) is 0.346. The highest BCUT2D eigenvalue weighted by Crippen LogP contribution is 2.37. The quantitative estimate of drug-likeness (QED) is 0.406. The summed E-state index contributed by atoms with van der Waals surface area (Å²) in [7, 11) is 1.50. The molecule has 3 aromatic heterocycles. The van der Waals surface area contributed by atoms with Gasteiger partial charge in [0.05, 0.1) is 44.2 Å². The van der Waals surface area contributed by atoms with Gasteiger partial charge < -0.3 is 19.2 Å². The number of hydrogen-bond acceptors (Lipinski definition) is 7. The molecular weight excluding hydrogens is 503 g/mol. The van der Waals surface area contributed by atoms with Crippen molar-refractivity contribution in [2.75, 3.05) is 39.9 Å². The number of aliphatic hydroxyl groups excluding tert-OH is 1. The van der Waals surface area contributed by atoms with E-state index in [1.54, 1.807) is 41.5 Å². The van der Waals surface area contributed by atoms with Crippen molar-refractivity contribution >= 4 is 11.6 Å². The molecule has 1 fully saturated rings. The molecule has 0 radical (unpaired) electrons. The molecule has 1 saturated heterocycles. The molecule has 12 heteroatoms. The van der Waals surface area contributed by atoms with Crippen LogP contribution in [0.5, 0.6) is 5.75 Å². The number of piperazine rings is 1. The van der Waals surface area contributed by atoms with Crippen molar-refractivity contribution < 1.29 is 32.2 Å². The first kappa shape index (κ1) is 25.7. The highest BCUT2D eigenvalue weighted by atomic mass is 19.4. The summed E-state index contributed by atoms with van der Waals surface area (Å²) >= 11 is 0. The van der Waals surface area contributed by atoms with Crippen LogP contribution in [0, 0.1) is 6.92 Å². The van der Waals surface area contributed by atoms with Gasteiger partial charge >= 0.3 is 6.18 Å². The zero-order valence-electron chi connectivity index (χ0n) is 20.8. The summed E-state index contributed by atoms with van der Waals surface area (Å²) in [5, 5.41) is 13.8. The number of nitrogens with zero attached hydrogens (tertiary/aromatic N) is 5. The number of hydrogen-bond donors (Lipinski definition) is 1. The van der Waals surface area contributed by atoms with Gasteiger partial charge in [0.2, 0.25) is 0 Å². The molecule has 1 N–H and O–H groups in total. The number of benzene rings is 1. The second-order valence-electron chi connectivity index (χ2n) is 9.04. The predicted octanol–water partition coefficient (Wildman–Crippen LogP) is 3.82. The lowest BCUT2D eigenvalue weighted by molar-refractivity contribution is -0.143. The monoisotopic (exact) mass is 529 g/mol. The van der Waals surface area contributed by atoms with Gasteiger partial charge in [-0.25, -0.2) is 9.50 Å². The molecule has 9 nitrogen and oxygen atoms in total. The number of amides is 1. The first-order valence-electron chi connectivity index (χ1n) is 12.0. The van der Waals surface area contributed by atoms with E-state index in [1.807, 2.05) is 4.90 Å². The van der Waals surface area contributed by atoms with Crippen molar-refractivity contribution in [2.24, 2.45) is 0 Å². The highest BCUT2D eigenvalue weighted by Gasteiger charge is 2.39. The van der Waals surface area contributed by atoms with E-state index >= 15 is 0 Å². The van der Waals surface area contributed by atoms with Crippen LogP contribution in [0.25, 0.3) is 16.9 Å². The Kier molecular flexibility index (Phi) is 6.84. The van der Waals surface area contributed by atoms with Gasteiger partial charge in [0.15, 0.2) is 11.3 Å². The molecule has 0 bridgehead atoms.